The van der Waals surface area contributed by atoms with Gasteiger partial charge >= 0.3 is 0 Å². The second kappa shape index (κ2) is 5.96. The predicted molar refractivity (Wildman–Crippen MR) is 85.1 cm³/mol. The van der Waals surface area contributed by atoms with Crippen LogP contribution in [0.3, 0.4) is 0 Å². The monoisotopic (exact) mass is 329 g/mol. The molecule has 3 fully saturated rings. The van der Waals surface area contributed by atoms with Crippen LogP contribution in [0.2, 0.25) is 0 Å². The molecule has 1 aromatic rings. The molecule has 0 saturated carbocycles. The van der Waals surface area contributed by atoms with Crippen LogP contribution in [0.1, 0.15) is 23.3 Å². The SMILES string of the molecule is CNCc1scc(C)c1S(=O)(=O)NC1CN2CCC1CC2. The Morgan fingerprint density at radius 3 is 2.67 bits per heavy atom. The van der Waals surface area contributed by atoms with Gasteiger partial charge in [-0.1, -0.05) is 0 Å². The standard InChI is InChI=1S/C14H23N3O2S2/c1-10-9-20-13(7-15-2)14(10)21(18,19)16-12-8-17-5-3-11(12)4-6-17/h9,11-12,15-16H,3-8H2,1-2H3. The summed E-state index contributed by atoms with van der Waals surface area (Å²) >= 11 is 1.51. The zero-order chi connectivity index (χ0) is 15.0. The lowest BCUT2D eigenvalue weighted by atomic mass is 9.85. The molecule has 4 heterocycles. The summed E-state index contributed by atoms with van der Waals surface area (Å²) in [6, 6.07) is 0.0687. The summed E-state index contributed by atoms with van der Waals surface area (Å²) in [7, 11) is -1.59. The molecule has 0 radical (unpaired) electrons. The molecule has 1 aromatic heterocycles. The number of aryl methyl sites for hydroxylation is 1. The largest absolute Gasteiger partial charge is 0.315 e. The minimum atomic E-state index is -3.43. The van der Waals surface area contributed by atoms with Crippen molar-refractivity contribution in [1.29, 1.82) is 0 Å². The summed E-state index contributed by atoms with van der Waals surface area (Å²) in [5.74, 6) is 0.497. The van der Waals surface area contributed by atoms with Crippen molar-refractivity contribution in [3.63, 3.8) is 0 Å². The number of nitrogens with one attached hydrogen (secondary N) is 2. The number of hydrogen-bond acceptors (Lipinski definition) is 5. The van der Waals surface area contributed by atoms with Crippen molar-refractivity contribution in [1.82, 2.24) is 14.9 Å². The third-order valence-corrected chi connectivity index (χ3v) is 7.51. The molecule has 5 nitrogen and oxygen atoms in total. The molecule has 7 heteroatoms. The number of thiophene rings is 1. The number of sulfonamides is 1. The fraction of sp³-hybridized carbons (Fsp3) is 0.714. The summed E-state index contributed by atoms with van der Waals surface area (Å²) in [6.07, 6.45) is 2.22. The minimum absolute atomic E-state index is 0.0687. The Morgan fingerprint density at radius 2 is 2.10 bits per heavy atom. The molecule has 4 rings (SSSR count). The van der Waals surface area contributed by atoms with Gasteiger partial charge in [0, 0.05) is 24.0 Å². The van der Waals surface area contributed by atoms with Crippen molar-refractivity contribution in [3.8, 4) is 0 Å². The van der Waals surface area contributed by atoms with Crippen LogP contribution in [-0.4, -0.2) is 46.0 Å². The van der Waals surface area contributed by atoms with Crippen molar-refractivity contribution < 1.29 is 8.42 Å². The molecule has 2 N–H and O–H groups in total. The van der Waals surface area contributed by atoms with E-state index in [0.717, 1.165) is 42.9 Å². The highest BCUT2D eigenvalue weighted by atomic mass is 32.2. The topological polar surface area (TPSA) is 61.4 Å². The fourth-order valence-corrected chi connectivity index (χ4v) is 6.61. The van der Waals surface area contributed by atoms with E-state index >= 15 is 0 Å². The van der Waals surface area contributed by atoms with E-state index in [1.165, 1.54) is 11.3 Å². The predicted octanol–water partition coefficient (Wildman–Crippen LogP) is 1.15. The molecule has 0 aromatic carbocycles. The molecule has 21 heavy (non-hydrogen) atoms. The van der Waals surface area contributed by atoms with Gasteiger partial charge in [0.2, 0.25) is 10.0 Å². The van der Waals surface area contributed by atoms with E-state index in [1.807, 2.05) is 19.4 Å². The van der Waals surface area contributed by atoms with E-state index < -0.39 is 10.0 Å². The summed E-state index contributed by atoms with van der Waals surface area (Å²) in [4.78, 5) is 3.74. The van der Waals surface area contributed by atoms with Gasteiger partial charge in [-0.15, -0.1) is 11.3 Å². The number of piperidine rings is 3. The Labute approximate surface area is 130 Å². The first-order chi connectivity index (χ1) is 10.0. The molecular weight excluding hydrogens is 306 g/mol. The summed E-state index contributed by atoms with van der Waals surface area (Å²) < 4.78 is 28.6. The van der Waals surface area contributed by atoms with Crippen molar-refractivity contribution in [2.75, 3.05) is 26.7 Å². The first kappa shape index (κ1) is 15.4. The van der Waals surface area contributed by atoms with Gasteiger partial charge in [-0.25, -0.2) is 13.1 Å². The Kier molecular flexibility index (Phi) is 4.38. The van der Waals surface area contributed by atoms with Crippen LogP contribution in [0.15, 0.2) is 10.3 Å². The zero-order valence-electron chi connectivity index (χ0n) is 12.6. The normalized spacial score (nSPS) is 29.0. The van der Waals surface area contributed by atoms with Gasteiger partial charge in [0.15, 0.2) is 0 Å². The molecule has 0 aliphatic carbocycles. The second-order valence-electron chi connectivity index (χ2n) is 6.07. The Morgan fingerprint density at radius 1 is 1.38 bits per heavy atom. The molecule has 0 amide bonds. The third kappa shape index (κ3) is 3.03. The summed E-state index contributed by atoms with van der Waals surface area (Å²) in [5, 5.41) is 4.98. The van der Waals surface area contributed by atoms with Gasteiger partial charge in [-0.2, -0.15) is 0 Å². The number of fused-ring (bicyclic) bond motifs is 3. The summed E-state index contributed by atoms with van der Waals surface area (Å²) in [6.45, 7) is 5.56. The summed E-state index contributed by atoms with van der Waals surface area (Å²) in [5.41, 5.74) is 0.846. The van der Waals surface area contributed by atoms with Gasteiger partial charge in [-0.05, 0) is 56.8 Å². The quantitative estimate of drug-likeness (QED) is 0.851. The van der Waals surface area contributed by atoms with E-state index in [0.29, 0.717) is 17.4 Å². The van der Waals surface area contributed by atoms with E-state index in [2.05, 4.69) is 14.9 Å². The van der Waals surface area contributed by atoms with E-state index in [4.69, 9.17) is 0 Å². The van der Waals surface area contributed by atoms with Crippen LogP contribution in [0.5, 0.6) is 0 Å². The molecule has 1 unspecified atom stereocenters. The maximum atomic E-state index is 12.8. The van der Waals surface area contributed by atoms with Gasteiger partial charge in [0.25, 0.3) is 0 Å². The maximum Gasteiger partial charge on any atom is 0.242 e. The molecule has 3 saturated heterocycles. The lowest BCUT2D eigenvalue weighted by Crippen LogP contribution is -2.57. The first-order valence-electron chi connectivity index (χ1n) is 7.47. The molecule has 3 aliphatic heterocycles. The van der Waals surface area contributed by atoms with Gasteiger partial charge in [0.05, 0.1) is 0 Å². The lowest BCUT2D eigenvalue weighted by Gasteiger charge is -2.44. The van der Waals surface area contributed by atoms with Crippen molar-refractivity contribution in [2.45, 2.75) is 37.2 Å². The lowest BCUT2D eigenvalue weighted by molar-refractivity contribution is 0.0827. The smallest absolute Gasteiger partial charge is 0.242 e. The highest BCUT2D eigenvalue weighted by molar-refractivity contribution is 7.89. The molecule has 3 aliphatic rings. The van der Waals surface area contributed by atoms with E-state index in [1.54, 1.807) is 0 Å². The van der Waals surface area contributed by atoms with Crippen LogP contribution < -0.4 is 10.0 Å². The first-order valence-corrected chi connectivity index (χ1v) is 9.84. The molecule has 0 spiro atoms. The van der Waals surface area contributed by atoms with Gasteiger partial charge in [0.1, 0.15) is 4.90 Å². The van der Waals surface area contributed by atoms with E-state index in [9.17, 15) is 8.42 Å². The molecule has 1 atom stereocenters. The zero-order valence-corrected chi connectivity index (χ0v) is 14.2. The molecule has 118 valence electrons. The highest BCUT2D eigenvalue weighted by Gasteiger charge is 2.37. The minimum Gasteiger partial charge on any atom is -0.315 e. The average molecular weight is 329 g/mol. The Hall–Kier alpha value is -0.470. The molecule has 2 bridgehead atoms. The Bertz CT molecular complexity index is 604. The van der Waals surface area contributed by atoms with Crippen LogP contribution in [0.25, 0.3) is 0 Å². The fourth-order valence-electron chi connectivity index (χ4n) is 3.49. The third-order valence-electron chi connectivity index (χ3n) is 4.56. The van der Waals surface area contributed by atoms with Crippen molar-refractivity contribution in [3.05, 3.63) is 15.8 Å². The van der Waals surface area contributed by atoms with Crippen molar-refractivity contribution >= 4 is 21.4 Å². The van der Waals surface area contributed by atoms with Gasteiger partial charge < -0.3 is 10.2 Å². The number of nitrogens with zero attached hydrogens (tertiary/aromatic N) is 1. The van der Waals surface area contributed by atoms with Crippen LogP contribution in [0.4, 0.5) is 0 Å². The highest BCUT2D eigenvalue weighted by Crippen LogP contribution is 2.31. The number of hydrogen-bond donors (Lipinski definition) is 2. The second-order valence-corrected chi connectivity index (χ2v) is 8.68. The average Bonchev–Trinajstić information content (AvgIpc) is 2.82. The van der Waals surface area contributed by atoms with E-state index in [-0.39, 0.29) is 6.04 Å². The maximum absolute atomic E-state index is 12.8. The van der Waals surface area contributed by atoms with Crippen LogP contribution in [0, 0.1) is 12.8 Å². The van der Waals surface area contributed by atoms with Gasteiger partial charge in [-0.3, -0.25) is 0 Å². The van der Waals surface area contributed by atoms with Crippen molar-refractivity contribution in [2.24, 2.45) is 5.92 Å². The van der Waals surface area contributed by atoms with Crippen LogP contribution in [-0.2, 0) is 16.6 Å². The van der Waals surface area contributed by atoms with Crippen LogP contribution >= 0.6 is 11.3 Å². The molecular formula is C14H23N3O2S2. The number of rotatable bonds is 5. The Balaban J connectivity index is 1.82.